The first-order chi connectivity index (χ1) is 14.2. The summed E-state index contributed by atoms with van der Waals surface area (Å²) in [7, 11) is 0. The average molecular weight is 407 g/mol. The van der Waals surface area contributed by atoms with Crippen LogP contribution in [0.5, 0.6) is 0 Å². The lowest BCUT2D eigenvalue weighted by Crippen LogP contribution is -2.26. The van der Waals surface area contributed by atoms with Crippen molar-refractivity contribution in [2.45, 2.75) is 32.3 Å². The fourth-order valence-electron chi connectivity index (χ4n) is 3.38. The molecule has 1 aromatic carbocycles. The van der Waals surface area contributed by atoms with Crippen LogP contribution in [-0.2, 0) is 24.3 Å². The predicted octanol–water partition coefficient (Wildman–Crippen LogP) is 4.14. The van der Waals surface area contributed by atoms with Gasteiger partial charge in [0.2, 0.25) is 0 Å². The van der Waals surface area contributed by atoms with Gasteiger partial charge in [-0.05, 0) is 48.9 Å². The third kappa shape index (κ3) is 4.52. The number of hydrogen-bond acceptors (Lipinski definition) is 5. The number of nitrogens with one attached hydrogen (secondary N) is 2. The van der Waals surface area contributed by atoms with Gasteiger partial charge in [-0.1, -0.05) is 30.3 Å². The minimum Gasteiger partial charge on any atom is -0.313 e. The van der Waals surface area contributed by atoms with Gasteiger partial charge >= 0.3 is 0 Å². The fourth-order valence-corrected chi connectivity index (χ4v) is 4.66. The normalized spacial score (nSPS) is 12.8. The van der Waals surface area contributed by atoms with Crippen LogP contribution < -0.4 is 10.8 Å². The summed E-state index contributed by atoms with van der Waals surface area (Å²) in [5.41, 5.74) is 5.48. The van der Waals surface area contributed by atoms with Gasteiger partial charge in [0.1, 0.15) is 5.00 Å². The molecule has 0 fully saturated rings. The quantitative estimate of drug-likeness (QED) is 0.602. The second-order valence-electron chi connectivity index (χ2n) is 6.82. The summed E-state index contributed by atoms with van der Waals surface area (Å²) in [6, 6.07) is 13.0. The van der Waals surface area contributed by atoms with Crippen molar-refractivity contribution >= 4 is 28.2 Å². The Morgan fingerprint density at radius 2 is 1.86 bits per heavy atom. The van der Waals surface area contributed by atoms with E-state index >= 15 is 0 Å². The molecule has 2 N–H and O–H groups in total. The molecule has 148 valence electrons. The molecule has 2 aromatic heterocycles. The molecule has 0 bridgehead atoms. The smallest absolute Gasteiger partial charge is 0.278 e. The number of amides is 2. The lowest BCUT2D eigenvalue weighted by molar-refractivity contribution is 0.0233. The molecular formula is C22H21N3O3S. The largest absolute Gasteiger partial charge is 0.313 e. The van der Waals surface area contributed by atoms with Gasteiger partial charge in [0, 0.05) is 17.3 Å². The van der Waals surface area contributed by atoms with Crippen molar-refractivity contribution < 1.29 is 14.4 Å². The Morgan fingerprint density at radius 3 is 2.66 bits per heavy atom. The van der Waals surface area contributed by atoms with Crippen LogP contribution in [0, 0.1) is 0 Å². The van der Waals surface area contributed by atoms with E-state index in [1.165, 1.54) is 17.5 Å². The Balaban J connectivity index is 1.52. The van der Waals surface area contributed by atoms with E-state index in [1.54, 1.807) is 18.3 Å². The summed E-state index contributed by atoms with van der Waals surface area (Å²) in [5.74, 6) is -0.613. The van der Waals surface area contributed by atoms with Crippen LogP contribution in [0.1, 0.15) is 49.6 Å². The van der Waals surface area contributed by atoms with Gasteiger partial charge in [-0.15, -0.1) is 11.3 Å². The molecule has 7 heteroatoms. The number of hydrogen-bond donors (Lipinski definition) is 2. The summed E-state index contributed by atoms with van der Waals surface area (Å²) in [4.78, 5) is 36.1. The Morgan fingerprint density at radius 1 is 1.03 bits per heavy atom. The maximum absolute atomic E-state index is 12.9. The lowest BCUT2D eigenvalue weighted by Gasteiger charge is -2.13. The standard InChI is InChI=1S/C22H21N3O3S/c26-20(16-9-6-12-23-13-16)24-22-19(17-10-4-5-11-18(17)29-22)21(27)25-28-14-15-7-2-1-3-8-15/h1-3,6-9,12-13H,4-5,10-11,14H2,(H,24,26)(H,25,27). The van der Waals surface area contributed by atoms with E-state index in [-0.39, 0.29) is 18.4 Å². The number of benzene rings is 1. The highest BCUT2D eigenvalue weighted by atomic mass is 32.1. The van der Waals surface area contributed by atoms with Crippen LogP contribution >= 0.6 is 11.3 Å². The second kappa shape index (κ2) is 8.98. The van der Waals surface area contributed by atoms with Crippen molar-refractivity contribution in [2.24, 2.45) is 0 Å². The minimum atomic E-state index is -0.332. The Kier molecular flexibility index (Phi) is 5.97. The van der Waals surface area contributed by atoms with Crippen LogP contribution in [0.25, 0.3) is 0 Å². The molecule has 0 unspecified atom stereocenters. The van der Waals surface area contributed by atoms with Crippen LogP contribution in [0.15, 0.2) is 54.9 Å². The van der Waals surface area contributed by atoms with Gasteiger partial charge in [-0.25, -0.2) is 5.48 Å². The molecule has 0 atom stereocenters. The Hall–Kier alpha value is -3.03. The topological polar surface area (TPSA) is 80.3 Å². The molecular weight excluding hydrogens is 386 g/mol. The SMILES string of the molecule is O=C(Nc1sc2c(c1C(=O)NOCc1ccccc1)CCCC2)c1cccnc1. The average Bonchev–Trinajstić information content (AvgIpc) is 3.13. The predicted molar refractivity (Wildman–Crippen MR) is 112 cm³/mol. The highest BCUT2D eigenvalue weighted by molar-refractivity contribution is 7.17. The Labute approximate surface area is 172 Å². The number of carbonyl (C=O) groups excluding carboxylic acids is 2. The first kappa shape index (κ1) is 19.3. The molecule has 0 radical (unpaired) electrons. The monoisotopic (exact) mass is 407 g/mol. The zero-order valence-electron chi connectivity index (χ0n) is 15.8. The molecule has 0 saturated carbocycles. The summed E-state index contributed by atoms with van der Waals surface area (Å²) in [5, 5.41) is 3.46. The molecule has 29 heavy (non-hydrogen) atoms. The maximum atomic E-state index is 12.9. The van der Waals surface area contributed by atoms with Crippen LogP contribution in [0.2, 0.25) is 0 Å². The number of aromatic nitrogens is 1. The third-order valence-electron chi connectivity index (χ3n) is 4.80. The van der Waals surface area contributed by atoms with Crippen LogP contribution in [-0.4, -0.2) is 16.8 Å². The molecule has 0 saturated heterocycles. The molecule has 0 spiro atoms. The van der Waals surface area contributed by atoms with Crippen molar-refractivity contribution in [1.29, 1.82) is 0 Å². The number of fused-ring (bicyclic) bond motifs is 1. The highest BCUT2D eigenvalue weighted by Gasteiger charge is 2.26. The molecule has 1 aliphatic carbocycles. The van der Waals surface area contributed by atoms with Crippen molar-refractivity contribution in [3.63, 3.8) is 0 Å². The molecule has 4 rings (SSSR count). The van der Waals surface area contributed by atoms with Gasteiger partial charge in [0.05, 0.1) is 17.7 Å². The number of pyridine rings is 1. The maximum Gasteiger partial charge on any atom is 0.278 e. The summed E-state index contributed by atoms with van der Waals surface area (Å²) < 4.78 is 0. The van der Waals surface area contributed by atoms with Crippen molar-refractivity contribution in [1.82, 2.24) is 10.5 Å². The highest BCUT2D eigenvalue weighted by Crippen LogP contribution is 2.38. The number of nitrogens with zero attached hydrogens (tertiary/aromatic N) is 1. The van der Waals surface area contributed by atoms with E-state index in [0.717, 1.165) is 41.7 Å². The van der Waals surface area contributed by atoms with Gasteiger partial charge in [-0.2, -0.15) is 0 Å². The molecule has 2 amide bonds. The summed E-state index contributed by atoms with van der Waals surface area (Å²) >= 11 is 1.47. The van der Waals surface area contributed by atoms with Crippen LogP contribution in [0.3, 0.4) is 0 Å². The van der Waals surface area contributed by atoms with Crippen molar-refractivity contribution in [3.05, 3.63) is 82.0 Å². The van der Waals surface area contributed by atoms with E-state index in [4.69, 9.17) is 4.84 Å². The first-order valence-corrected chi connectivity index (χ1v) is 10.4. The molecule has 2 heterocycles. The third-order valence-corrected chi connectivity index (χ3v) is 6.00. The zero-order chi connectivity index (χ0) is 20.1. The molecule has 1 aliphatic rings. The van der Waals surface area contributed by atoms with Gasteiger partial charge in [0.25, 0.3) is 11.8 Å². The fraction of sp³-hybridized carbons (Fsp3) is 0.227. The van der Waals surface area contributed by atoms with Crippen molar-refractivity contribution in [2.75, 3.05) is 5.32 Å². The lowest BCUT2D eigenvalue weighted by atomic mass is 9.95. The number of hydroxylamine groups is 1. The molecule has 6 nitrogen and oxygen atoms in total. The summed E-state index contributed by atoms with van der Waals surface area (Å²) in [6.45, 7) is 0.274. The van der Waals surface area contributed by atoms with E-state index < -0.39 is 0 Å². The number of carbonyl (C=O) groups is 2. The number of anilines is 1. The number of thiophene rings is 1. The van der Waals surface area contributed by atoms with Gasteiger partial charge in [0.15, 0.2) is 0 Å². The van der Waals surface area contributed by atoms with Gasteiger partial charge < -0.3 is 5.32 Å². The zero-order valence-corrected chi connectivity index (χ0v) is 16.6. The van der Waals surface area contributed by atoms with E-state index in [9.17, 15) is 9.59 Å². The number of rotatable bonds is 6. The van der Waals surface area contributed by atoms with E-state index in [1.807, 2.05) is 30.3 Å². The molecule has 0 aliphatic heterocycles. The Bertz CT molecular complexity index is 1000. The van der Waals surface area contributed by atoms with Gasteiger partial charge in [-0.3, -0.25) is 19.4 Å². The van der Waals surface area contributed by atoms with Crippen LogP contribution in [0.4, 0.5) is 5.00 Å². The van der Waals surface area contributed by atoms with E-state index in [0.29, 0.717) is 16.1 Å². The number of aryl methyl sites for hydroxylation is 1. The van der Waals surface area contributed by atoms with E-state index in [2.05, 4.69) is 15.8 Å². The minimum absolute atomic E-state index is 0.274. The van der Waals surface area contributed by atoms with Crippen molar-refractivity contribution in [3.8, 4) is 0 Å². The summed E-state index contributed by atoms with van der Waals surface area (Å²) in [6.07, 6.45) is 7.00. The second-order valence-corrected chi connectivity index (χ2v) is 7.92. The molecule has 3 aromatic rings. The first-order valence-electron chi connectivity index (χ1n) is 9.54.